The Labute approximate surface area is 143 Å². The molecule has 0 saturated carbocycles. The van der Waals surface area contributed by atoms with E-state index in [-0.39, 0.29) is 18.3 Å². The van der Waals surface area contributed by atoms with E-state index < -0.39 is 5.54 Å². The molecular formula is C17H25ClN2O3. The summed E-state index contributed by atoms with van der Waals surface area (Å²) in [6, 6.07) is 8.05. The lowest BCUT2D eigenvalue weighted by molar-refractivity contribution is -0.139. The highest BCUT2D eigenvalue weighted by molar-refractivity contribution is 5.86. The Morgan fingerprint density at radius 1 is 1.35 bits per heavy atom. The maximum absolute atomic E-state index is 12.8. The van der Waals surface area contributed by atoms with Gasteiger partial charge in [0.15, 0.2) is 0 Å². The minimum atomic E-state index is -0.742. The summed E-state index contributed by atoms with van der Waals surface area (Å²) in [6.07, 6.45) is 2.18. The number of methoxy groups -OCH3 is 1. The van der Waals surface area contributed by atoms with Gasteiger partial charge < -0.3 is 20.1 Å². The highest BCUT2D eigenvalue weighted by Gasteiger charge is 2.41. The number of carbonyl (C=O) groups excluding carboxylic acids is 1. The molecule has 2 aliphatic heterocycles. The number of halogens is 1. The standard InChI is InChI=1S/C17H24N2O3.ClH/c1-21-15-5-3-2-4-14(15)13-6-9-19(12-13)16(20)17(18)7-10-22-11-8-17;/h2-5,13H,6-12,18H2,1H3;1H. The number of hydrogen-bond acceptors (Lipinski definition) is 4. The van der Waals surface area contributed by atoms with E-state index >= 15 is 0 Å². The molecule has 23 heavy (non-hydrogen) atoms. The Kier molecular flexibility index (Phi) is 5.89. The first-order valence-corrected chi connectivity index (χ1v) is 7.93. The SMILES string of the molecule is COc1ccccc1C1CCN(C(=O)C2(N)CCOCC2)C1.Cl. The fourth-order valence-electron chi connectivity index (χ4n) is 3.47. The molecule has 0 radical (unpaired) electrons. The van der Waals surface area contributed by atoms with Gasteiger partial charge in [0.25, 0.3) is 0 Å². The average Bonchev–Trinajstić information content (AvgIpc) is 3.04. The van der Waals surface area contributed by atoms with E-state index in [0.717, 1.165) is 25.3 Å². The van der Waals surface area contributed by atoms with Crippen LogP contribution in [0.1, 0.15) is 30.7 Å². The second-order valence-electron chi connectivity index (χ2n) is 6.25. The number of likely N-dealkylation sites (tertiary alicyclic amines) is 1. The highest BCUT2D eigenvalue weighted by Crippen LogP contribution is 2.34. The van der Waals surface area contributed by atoms with Crippen molar-refractivity contribution in [2.24, 2.45) is 5.73 Å². The first-order valence-electron chi connectivity index (χ1n) is 7.93. The van der Waals surface area contributed by atoms with Gasteiger partial charge in [-0.2, -0.15) is 0 Å². The lowest BCUT2D eigenvalue weighted by Gasteiger charge is -2.35. The van der Waals surface area contributed by atoms with E-state index in [1.54, 1.807) is 7.11 Å². The lowest BCUT2D eigenvalue weighted by Crippen LogP contribution is -2.57. The molecule has 128 valence electrons. The van der Waals surface area contributed by atoms with Gasteiger partial charge in [0.1, 0.15) is 5.75 Å². The molecule has 1 unspecified atom stereocenters. The fraction of sp³-hybridized carbons (Fsp3) is 0.588. The van der Waals surface area contributed by atoms with Crippen molar-refractivity contribution >= 4 is 18.3 Å². The van der Waals surface area contributed by atoms with E-state index in [1.807, 2.05) is 23.1 Å². The summed E-state index contributed by atoms with van der Waals surface area (Å²) in [5, 5.41) is 0. The number of para-hydroxylation sites is 1. The Balaban J connectivity index is 0.00000192. The average molecular weight is 341 g/mol. The molecule has 0 aromatic heterocycles. The summed E-state index contributed by atoms with van der Waals surface area (Å²) in [7, 11) is 1.69. The van der Waals surface area contributed by atoms with Gasteiger partial charge in [-0.05, 0) is 30.9 Å². The largest absolute Gasteiger partial charge is 0.496 e. The number of amides is 1. The van der Waals surface area contributed by atoms with Crippen molar-refractivity contribution in [3.8, 4) is 5.75 Å². The Bertz CT molecular complexity index is 546. The van der Waals surface area contributed by atoms with Crippen LogP contribution in [0.4, 0.5) is 0 Å². The summed E-state index contributed by atoms with van der Waals surface area (Å²) in [5.41, 5.74) is 6.76. The van der Waals surface area contributed by atoms with Crippen molar-refractivity contribution in [3.05, 3.63) is 29.8 Å². The van der Waals surface area contributed by atoms with Gasteiger partial charge in [-0.25, -0.2) is 0 Å². The number of benzene rings is 1. The van der Waals surface area contributed by atoms with Crippen LogP contribution in [0.15, 0.2) is 24.3 Å². The number of rotatable bonds is 3. The van der Waals surface area contributed by atoms with E-state index in [2.05, 4.69) is 6.07 Å². The molecule has 2 N–H and O–H groups in total. The first kappa shape index (κ1) is 18.0. The molecule has 0 spiro atoms. The number of carbonyl (C=O) groups is 1. The third kappa shape index (κ3) is 3.62. The van der Waals surface area contributed by atoms with E-state index in [4.69, 9.17) is 15.2 Å². The molecular weight excluding hydrogens is 316 g/mol. The predicted molar refractivity (Wildman–Crippen MR) is 91.2 cm³/mol. The molecule has 1 aromatic rings. The number of nitrogens with zero attached hydrogens (tertiary/aromatic N) is 1. The van der Waals surface area contributed by atoms with Gasteiger partial charge >= 0.3 is 0 Å². The van der Waals surface area contributed by atoms with Gasteiger partial charge in [0.05, 0.1) is 12.6 Å². The summed E-state index contributed by atoms with van der Waals surface area (Å²) in [6.45, 7) is 2.64. The van der Waals surface area contributed by atoms with Gasteiger partial charge in [-0.1, -0.05) is 18.2 Å². The molecule has 1 amide bonds. The summed E-state index contributed by atoms with van der Waals surface area (Å²) < 4.78 is 10.8. The minimum absolute atomic E-state index is 0. The number of ether oxygens (including phenoxy) is 2. The second-order valence-corrected chi connectivity index (χ2v) is 6.25. The Hall–Kier alpha value is -1.30. The van der Waals surface area contributed by atoms with Crippen LogP contribution in [0, 0.1) is 0 Å². The van der Waals surface area contributed by atoms with E-state index in [9.17, 15) is 4.79 Å². The van der Waals surface area contributed by atoms with Crippen molar-refractivity contribution in [2.75, 3.05) is 33.4 Å². The Morgan fingerprint density at radius 3 is 2.74 bits per heavy atom. The van der Waals surface area contributed by atoms with Crippen LogP contribution in [0.2, 0.25) is 0 Å². The van der Waals surface area contributed by atoms with Crippen LogP contribution in [0.5, 0.6) is 5.75 Å². The van der Waals surface area contributed by atoms with Crippen LogP contribution >= 0.6 is 12.4 Å². The molecule has 0 bridgehead atoms. The maximum Gasteiger partial charge on any atom is 0.242 e. The Morgan fingerprint density at radius 2 is 2.04 bits per heavy atom. The third-order valence-electron chi connectivity index (χ3n) is 4.87. The van der Waals surface area contributed by atoms with E-state index in [1.165, 1.54) is 5.56 Å². The lowest BCUT2D eigenvalue weighted by atomic mass is 9.89. The number of nitrogens with two attached hydrogens (primary N) is 1. The highest BCUT2D eigenvalue weighted by atomic mass is 35.5. The van der Waals surface area contributed by atoms with Gasteiger partial charge in [-0.15, -0.1) is 12.4 Å². The zero-order valence-electron chi connectivity index (χ0n) is 13.5. The van der Waals surface area contributed by atoms with Crippen molar-refractivity contribution in [2.45, 2.75) is 30.7 Å². The summed E-state index contributed by atoms with van der Waals surface area (Å²) in [5.74, 6) is 1.30. The molecule has 5 nitrogen and oxygen atoms in total. The van der Waals surface area contributed by atoms with Gasteiger partial charge in [0.2, 0.25) is 5.91 Å². The van der Waals surface area contributed by atoms with Crippen LogP contribution in [-0.2, 0) is 9.53 Å². The van der Waals surface area contributed by atoms with E-state index in [0.29, 0.717) is 32.0 Å². The minimum Gasteiger partial charge on any atom is -0.496 e. The normalized spacial score (nSPS) is 23.2. The van der Waals surface area contributed by atoms with Crippen LogP contribution in [0.25, 0.3) is 0 Å². The van der Waals surface area contributed by atoms with Crippen molar-refractivity contribution in [3.63, 3.8) is 0 Å². The molecule has 3 rings (SSSR count). The molecule has 1 atom stereocenters. The zero-order valence-corrected chi connectivity index (χ0v) is 14.3. The predicted octanol–water partition coefficient (Wildman–Crippen LogP) is 1.94. The molecule has 1 aromatic carbocycles. The molecule has 0 aliphatic carbocycles. The monoisotopic (exact) mass is 340 g/mol. The van der Waals surface area contributed by atoms with Crippen molar-refractivity contribution in [1.29, 1.82) is 0 Å². The molecule has 6 heteroatoms. The van der Waals surface area contributed by atoms with Crippen LogP contribution in [-0.4, -0.2) is 49.8 Å². The van der Waals surface area contributed by atoms with Crippen LogP contribution < -0.4 is 10.5 Å². The first-order chi connectivity index (χ1) is 10.6. The van der Waals surface area contributed by atoms with Gasteiger partial charge in [0, 0.05) is 32.2 Å². The molecule has 2 saturated heterocycles. The third-order valence-corrected chi connectivity index (χ3v) is 4.87. The topological polar surface area (TPSA) is 64.8 Å². The van der Waals surface area contributed by atoms with Crippen LogP contribution in [0.3, 0.4) is 0 Å². The van der Waals surface area contributed by atoms with Gasteiger partial charge in [-0.3, -0.25) is 4.79 Å². The molecule has 2 fully saturated rings. The molecule has 2 heterocycles. The smallest absolute Gasteiger partial charge is 0.242 e. The van der Waals surface area contributed by atoms with Crippen molar-refractivity contribution < 1.29 is 14.3 Å². The quantitative estimate of drug-likeness (QED) is 0.913. The maximum atomic E-state index is 12.8. The summed E-state index contributed by atoms with van der Waals surface area (Å²) in [4.78, 5) is 14.7. The summed E-state index contributed by atoms with van der Waals surface area (Å²) >= 11 is 0. The number of hydrogen-bond donors (Lipinski definition) is 1. The zero-order chi connectivity index (χ0) is 15.6. The second kappa shape index (κ2) is 7.51. The fourth-order valence-corrected chi connectivity index (χ4v) is 3.47. The van der Waals surface area contributed by atoms with Crippen molar-refractivity contribution in [1.82, 2.24) is 4.90 Å². The molecule has 2 aliphatic rings.